The fourth-order valence-corrected chi connectivity index (χ4v) is 3.14. The Morgan fingerprint density at radius 2 is 1.87 bits per heavy atom. The van der Waals surface area contributed by atoms with Crippen LogP contribution in [0.2, 0.25) is 0 Å². The minimum absolute atomic E-state index is 0.0430. The Bertz CT molecular complexity index is 861. The van der Waals surface area contributed by atoms with Crippen LogP contribution in [0.15, 0.2) is 36.5 Å². The Morgan fingerprint density at radius 3 is 2.57 bits per heavy atom. The first-order valence-corrected chi connectivity index (χ1v) is 9.87. The van der Waals surface area contributed by atoms with E-state index in [9.17, 15) is 14.4 Å². The molecule has 1 aliphatic rings. The van der Waals surface area contributed by atoms with Crippen LogP contribution in [0.1, 0.15) is 35.8 Å². The van der Waals surface area contributed by atoms with E-state index in [1.807, 2.05) is 30.3 Å². The topological polar surface area (TPSA) is 116 Å². The first-order valence-electron chi connectivity index (χ1n) is 9.87. The maximum absolute atomic E-state index is 12.1. The summed E-state index contributed by atoms with van der Waals surface area (Å²) in [5, 5.41) is 10.5. The first-order chi connectivity index (χ1) is 14.5. The summed E-state index contributed by atoms with van der Waals surface area (Å²) in [6, 6.07) is 9.57. The third kappa shape index (κ3) is 6.03. The molecule has 1 N–H and O–H groups in total. The molecule has 0 bridgehead atoms. The standard InChI is InChI=1S/C20H25N5O5/c1-2-29-20(28)24-10-8-16(9-11-24)21-18(26)14-30-19(27)17-13-25(23-22-17)12-15-6-4-3-5-7-15/h3-7,13,16H,2,8-12,14H2,1H3,(H,21,26). The lowest BCUT2D eigenvalue weighted by Gasteiger charge is -2.31. The molecular weight excluding hydrogens is 390 g/mol. The number of carbonyl (C=O) groups is 3. The number of rotatable bonds is 7. The van der Waals surface area contributed by atoms with Crippen molar-refractivity contribution in [3.63, 3.8) is 0 Å². The number of nitrogens with one attached hydrogen (secondary N) is 1. The van der Waals surface area contributed by atoms with Crippen molar-refractivity contribution < 1.29 is 23.9 Å². The van der Waals surface area contributed by atoms with E-state index in [4.69, 9.17) is 9.47 Å². The SMILES string of the molecule is CCOC(=O)N1CCC(NC(=O)COC(=O)c2cn(Cc3ccccc3)nn2)CC1. The highest BCUT2D eigenvalue weighted by Gasteiger charge is 2.25. The summed E-state index contributed by atoms with van der Waals surface area (Å²) < 4.78 is 11.5. The van der Waals surface area contributed by atoms with Gasteiger partial charge in [0.15, 0.2) is 12.3 Å². The predicted octanol–water partition coefficient (Wildman–Crippen LogP) is 1.22. The van der Waals surface area contributed by atoms with Crippen molar-refractivity contribution in [2.75, 3.05) is 26.3 Å². The fraction of sp³-hybridized carbons (Fsp3) is 0.450. The van der Waals surface area contributed by atoms with Gasteiger partial charge >= 0.3 is 12.1 Å². The zero-order valence-electron chi connectivity index (χ0n) is 16.8. The van der Waals surface area contributed by atoms with Crippen LogP contribution in [0.25, 0.3) is 0 Å². The van der Waals surface area contributed by atoms with E-state index >= 15 is 0 Å². The third-order valence-corrected chi connectivity index (χ3v) is 4.66. The summed E-state index contributed by atoms with van der Waals surface area (Å²) >= 11 is 0. The summed E-state index contributed by atoms with van der Waals surface area (Å²) in [5.74, 6) is -1.10. The molecule has 2 aromatic rings. The van der Waals surface area contributed by atoms with Crippen LogP contribution in [-0.2, 0) is 20.8 Å². The molecule has 1 aromatic heterocycles. The maximum Gasteiger partial charge on any atom is 0.409 e. The Hall–Kier alpha value is -3.43. The van der Waals surface area contributed by atoms with Gasteiger partial charge in [0.25, 0.3) is 5.91 Å². The number of amides is 2. The summed E-state index contributed by atoms with van der Waals surface area (Å²) in [6.07, 6.45) is 2.38. The average Bonchev–Trinajstić information content (AvgIpc) is 3.22. The number of hydrogen-bond acceptors (Lipinski definition) is 7. The van der Waals surface area contributed by atoms with Crippen molar-refractivity contribution in [3.05, 3.63) is 47.8 Å². The molecule has 1 saturated heterocycles. The van der Waals surface area contributed by atoms with Crippen molar-refractivity contribution in [3.8, 4) is 0 Å². The van der Waals surface area contributed by atoms with Crippen LogP contribution < -0.4 is 5.32 Å². The van der Waals surface area contributed by atoms with Crippen molar-refractivity contribution in [1.29, 1.82) is 0 Å². The van der Waals surface area contributed by atoms with Crippen LogP contribution >= 0.6 is 0 Å². The van der Waals surface area contributed by atoms with E-state index in [0.29, 0.717) is 39.1 Å². The van der Waals surface area contributed by atoms with Gasteiger partial charge in [-0.25, -0.2) is 14.3 Å². The Labute approximate surface area is 174 Å². The zero-order valence-corrected chi connectivity index (χ0v) is 16.8. The molecule has 2 amide bonds. The van der Waals surface area contributed by atoms with Gasteiger partial charge in [-0.3, -0.25) is 4.79 Å². The zero-order chi connectivity index (χ0) is 21.3. The number of nitrogens with zero attached hydrogens (tertiary/aromatic N) is 4. The molecule has 160 valence electrons. The molecule has 10 heteroatoms. The number of esters is 1. The van der Waals surface area contributed by atoms with Gasteiger partial charge in [-0.15, -0.1) is 5.10 Å². The van der Waals surface area contributed by atoms with E-state index in [0.717, 1.165) is 5.56 Å². The molecule has 0 saturated carbocycles. The van der Waals surface area contributed by atoms with E-state index < -0.39 is 18.5 Å². The number of ether oxygens (including phenoxy) is 2. The molecule has 3 rings (SSSR count). The van der Waals surface area contributed by atoms with Crippen LogP contribution in [0.5, 0.6) is 0 Å². The van der Waals surface area contributed by atoms with Crippen molar-refractivity contribution >= 4 is 18.0 Å². The molecule has 30 heavy (non-hydrogen) atoms. The number of likely N-dealkylation sites (tertiary alicyclic amines) is 1. The van der Waals surface area contributed by atoms with E-state index in [1.165, 1.54) is 10.9 Å². The summed E-state index contributed by atoms with van der Waals surface area (Å²) in [6.45, 7) is 3.19. The van der Waals surface area contributed by atoms with Gasteiger partial charge in [-0.05, 0) is 25.3 Å². The van der Waals surface area contributed by atoms with E-state index in [1.54, 1.807) is 11.8 Å². The molecule has 0 atom stereocenters. The Kier molecular flexibility index (Phi) is 7.36. The quantitative estimate of drug-likeness (QED) is 0.676. The highest BCUT2D eigenvalue weighted by atomic mass is 16.6. The maximum atomic E-state index is 12.1. The molecule has 0 aliphatic carbocycles. The lowest BCUT2D eigenvalue weighted by atomic mass is 10.1. The van der Waals surface area contributed by atoms with Crippen molar-refractivity contribution in [2.24, 2.45) is 0 Å². The molecule has 1 aromatic carbocycles. The molecule has 1 aliphatic heterocycles. The first kappa shape index (κ1) is 21.3. The van der Waals surface area contributed by atoms with Gasteiger partial charge < -0.3 is 19.7 Å². The fourth-order valence-electron chi connectivity index (χ4n) is 3.14. The summed E-state index contributed by atoms with van der Waals surface area (Å²) in [5.41, 5.74) is 1.07. The molecule has 0 radical (unpaired) electrons. The number of aromatic nitrogens is 3. The number of benzene rings is 1. The lowest BCUT2D eigenvalue weighted by Crippen LogP contribution is -2.47. The number of piperidine rings is 1. The van der Waals surface area contributed by atoms with Gasteiger partial charge in [0, 0.05) is 19.1 Å². The third-order valence-electron chi connectivity index (χ3n) is 4.66. The van der Waals surface area contributed by atoms with Gasteiger partial charge in [0.05, 0.1) is 19.3 Å². The van der Waals surface area contributed by atoms with Crippen molar-refractivity contribution in [2.45, 2.75) is 32.4 Å². The second-order valence-electron chi connectivity index (χ2n) is 6.89. The van der Waals surface area contributed by atoms with E-state index in [2.05, 4.69) is 15.6 Å². The highest BCUT2D eigenvalue weighted by molar-refractivity contribution is 5.89. The lowest BCUT2D eigenvalue weighted by molar-refractivity contribution is -0.125. The molecule has 1 fully saturated rings. The minimum Gasteiger partial charge on any atom is -0.451 e. The molecular formula is C20H25N5O5. The normalized spacial score (nSPS) is 14.2. The smallest absolute Gasteiger partial charge is 0.409 e. The molecule has 2 heterocycles. The number of hydrogen-bond donors (Lipinski definition) is 1. The van der Waals surface area contributed by atoms with Crippen LogP contribution in [0, 0.1) is 0 Å². The van der Waals surface area contributed by atoms with E-state index in [-0.39, 0.29) is 17.8 Å². The van der Waals surface area contributed by atoms with Crippen LogP contribution in [0.3, 0.4) is 0 Å². The predicted molar refractivity (Wildman–Crippen MR) is 106 cm³/mol. The van der Waals surface area contributed by atoms with Crippen LogP contribution in [-0.4, -0.2) is 70.2 Å². The highest BCUT2D eigenvalue weighted by Crippen LogP contribution is 2.11. The second kappa shape index (κ2) is 10.4. The minimum atomic E-state index is -0.707. The molecule has 0 spiro atoms. The largest absolute Gasteiger partial charge is 0.451 e. The Balaban J connectivity index is 1.39. The monoisotopic (exact) mass is 415 g/mol. The van der Waals surface area contributed by atoms with Gasteiger partial charge in [0.2, 0.25) is 0 Å². The Morgan fingerprint density at radius 1 is 1.13 bits per heavy atom. The van der Waals surface area contributed by atoms with Crippen LogP contribution in [0.4, 0.5) is 4.79 Å². The molecule has 0 unspecified atom stereocenters. The molecule has 10 nitrogen and oxygen atoms in total. The van der Waals surface area contributed by atoms with Crippen molar-refractivity contribution in [1.82, 2.24) is 25.2 Å². The summed E-state index contributed by atoms with van der Waals surface area (Å²) in [7, 11) is 0. The second-order valence-corrected chi connectivity index (χ2v) is 6.89. The average molecular weight is 415 g/mol. The summed E-state index contributed by atoms with van der Waals surface area (Å²) in [4.78, 5) is 37.5. The van der Waals surface area contributed by atoms with Gasteiger partial charge in [-0.1, -0.05) is 35.5 Å². The van der Waals surface area contributed by atoms with Gasteiger partial charge in [0.1, 0.15) is 0 Å². The number of carbonyl (C=O) groups excluding carboxylic acids is 3. The van der Waals surface area contributed by atoms with Gasteiger partial charge in [-0.2, -0.15) is 0 Å².